The van der Waals surface area contributed by atoms with Crippen molar-refractivity contribution in [3.63, 3.8) is 0 Å². The number of esters is 2. The van der Waals surface area contributed by atoms with E-state index >= 15 is 0 Å². The lowest BCUT2D eigenvalue weighted by atomic mass is 10.1. The monoisotopic (exact) mass is 364 g/mol. The lowest BCUT2D eigenvalue weighted by Gasteiger charge is -2.13. The molecule has 0 aromatic heterocycles. The van der Waals surface area contributed by atoms with E-state index in [9.17, 15) is 9.59 Å². The van der Waals surface area contributed by atoms with Crippen LogP contribution in [0, 0.1) is 0 Å². The summed E-state index contributed by atoms with van der Waals surface area (Å²) in [6.45, 7) is 3.35. The van der Waals surface area contributed by atoms with Crippen molar-refractivity contribution in [3.05, 3.63) is 35.4 Å². The van der Waals surface area contributed by atoms with Crippen molar-refractivity contribution in [2.45, 2.75) is 25.3 Å². The normalized spacial score (nSPS) is 22.3. The van der Waals surface area contributed by atoms with Gasteiger partial charge in [0.1, 0.15) is 12.5 Å². The highest BCUT2D eigenvalue weighted by atomic mass is 16.5. The highest BCUT2D eigenvalue weighted by Crippen LogP contribution is 2.13. The minimum atomic E-state index is -0.545. The zero-order valence-electron chi connectivity index (χ0n) is 14.6. The zero-order valence-corrected chi connectivity index (χ0v) is 14.6. The van der Waals surface area contributed by atoms with Crippen molar-refractivity contribution in [1.82, 2.24) is 10.6 Å². The predicted molar refractivity (Wildman–Crippen MR) is 91.7 cm³/mol. The Morgan fingerprint density at radius 2 is 1.35 bits per heavy atom. The van der Waals surface area contributed by atoms with Crippen LogP contribution in [0.5, 0.6) is 0 Å². The average Bonchev–Trinajstić information content (AvgIpc) is 3.35. The summed E-state index contributed by atoms with van der Waals surface area (Å²) in [6, 6.07) is 6.49. The third-order valence-electron chi connectivity index (χ3n) is 4.18. The van der Waals surface area contributed by atoms with Crippen LogP contribution in [0.4, 0.5) is 0 Å². The Kier molecular flexibility index (Phi) is 6.96. The maximum atomic E-state index is 12.3. The largest absolute Gasteiger partial charge is 0.462 e. The molecule has 2 aliphatic heterocycles. The van der Waals surface area contributed by atoms with Crippen molar-refractivity contribution in [3.8, 4) is 0 Å². The minimum absolute atomic E-state index is 0.0885. The van der Waals surface area contributed by atoms with Crippen LogP contribution < -0.4 is 10.6 Å². The van der Waals surface area contributed by atoms with Crippen LogP contribution >= 0.6 is 0 Å². The van der Waals surface area contributed by atoms with Gasteiger partial charge in [0.05, 0.1) is 37.6 Å². The van der Waals surface area contributed by atoms with Crippen molar-refractivity contribution < 1.29 is 28.5 Å². The second-order valence-electron chi connectivity index (χ2n) is 6.02. The smallest absolute Gasteiger partial charge is 0.339 e. The molecule has 0 saturated carbocycles. The molecule has 0 radical (unpaired) electrons. The molecule has 2 fully saturated rings. The molecule has 1 aromatic carbocycles. The van der Waals surface area contributed by atoms with Crippen LogP contribution in [0.2, 0.25) is 0 Å². The molecular weight excluding hydrogens is 340 g/mol. The average molecular weight is 364 g/mol. The molecule has 2 unspecified atom stereocenters. The summed E-state index contributed by atoms with van der Waals surface area (Å²) >= 11 is 0. The molecule has 0 bridgehead atoms. The molecule has 2 atom stereocenters. The summed E-state index contributed by atoms with van der Waals surface area (Å²) in [7, 11) is 0. The Hall–Kier alpha value is -2.00. The predicted octanol–water partition coefficient (Wildman–Crippen LogP) is 0.672. The molecule has 26 heavy (non-hydrogen) atoms. The van der Waals surface area contributed by atoms with Gasteiger partial charge in [-0.3, -0.25) is 10.6 Å². The van der Waals surface area contributed by atoms with E-state index in [4.69, 9.17) is 18.9 Å². The van der Waals surface area contributed by atoms with Crippen LogP contribution in [0.1, 0.15) is 33.6 Å². The van der Waals surface area contributed by atoms with Gasteiger partial charge in [-0.25, -0.2) is 9.59 Å². The van der Waals surface area contributed by atoms with Crippen molar-refractivity contribution in [2.75, 3.05) is 39.5 Å². The van der Waals surface area contributed by atoms with E-state index in [0.29, 0.717) is 26.1 Å². The Balaban J connectivity index is 1.48. The van der Waals surface area contributed by atoms with E-state index in [2.05, 4.69) is 10.6 Å². The third-order valence-corrected chi connectivity index (χ3v) is 4.18. The number of rotatable bonds is 8. The second kappa shape index (κ2) is 9.63. The van der Waals surface area contributed by atoms with E-state index in [1.807, 2.05) is 0 Å². The Morgan fingerprint density at radius 1 is 0.885 bits per heavy atom. The van der Waals surface area contributed by atoms with Crippen molar-refractivity contribution in [1.29, 1.82) is 0 Å². The van der Waals surface area contributed by atoms with E-state index in [-0.39, 0.29) is 36.8 Å². The van der Waals surface area contributed by atoms with E-state index in [1.54, 1.807) is 24.3 Å². The van der Waals surface area contributed by atoms with Gasteiger partial charge in [-0.15, -0.1) is 0 Å². The van der Waals surface area contributed by atoms with Gasteiger partial charge < -0.3 is 18.9 Å². The SMILES string of the molecule is O=C(OCCC1NCCO1)c1ccccc1C(=O)OCCC1NCCO1. The first kappa shape index (κ1) is 18.8. The maximum absolute atomic E-state index is 12.3. The first-order valence-electron chi connectivity index (χ1n) is 8.87. The van der Waals surface area contributed by atoms with E-state index in [0.717, 1.165) is 13.1 Å². The van der Waals surface area contributed by atoms with Gasteiger partial charge in [0.15, 0.2) is 0 Å². The van der Waals surface area contributed by atoms with Crippen LogP contribution in [0.15, 0.2) is 24.3 Å². The number of hydrogen-bond acceptors (Lipinski definition) is 8. The van der Waals surface area contributed by atoms with Gasteiger partial charge >= 0.3 is 11.9 Å². The molecule has 0 aliphatic carbocycles. The van der Waals surface area contributed by atoms with Gasteiger partial charge in [-0.2, -0.15) is 0 Å². The molecule has 8 nitrogen and oxygen atoms in total. The number of carbonyl (C=O) groups is 2. The van der Waals surface area contributed by atoms with Crippen LogP contribution in [-0.2, 0) is 18.9 Å². The van der Waals surface area contributed by atoms with Crippen molar-refractivity contribution >= 4 is 11.9 Å². The second-order valence-corrected chi connectivity index (χ2v) is 6.02. The number of nitrogens with one attached hydrogen (secondary N) is 2. The highest BCUT2D eigenvalue weighted by Gasteiger charge is 2.21. The molecule has 2 N–H and O–H groups in total. The molecule has 142 valence electrons. The molecule has 0 amide bonds. The standard InChI is InChI=1S/C18H24N2O6/c21-17(25-9-5-15-19-7-11-23-15)13-3-1-2-4-14(13)18(22)26-10-6-16-20-8-12-24-16/h1-4,15-16,19-20H,5-12H2. The molecule has 2 heterocycles. The van der Waals surface area contributed by atoms with E-state index < -0.39 is 11.9 Å². The summed E-state index contributed by atoms with van der Waals surface area (Å²) in [6.07, 6.45) is 0.947. The summed E-state index contributed by atoms with van der Waals surface area (Å²) in [4.78, 5) is 24.6. The Morgan fingerprint density at radius 3 is 1.73 bits per heavy atom. The van der Waals surface area contributed by atoms with Gasteiger partial charge in [-0.1, -0.05) is 12.1 Å². The van der Waals surface area contributed by atoms with Gasteiger partial charge in [0.2, 0.25) is 0 Å². The van der Waals surface area contributed by atoms with Crippen LogP contribution in [0.25, 0.3) is 0 Å². The lowest BCUT2D eigenvalue weighted by molar-refractivity contribution is 0.0319. The topological polar surface area (TPSA) is 95.1 Å². The third kappa shape index (κ3) is 5.25. The lowest BCUT2D eigenvalue weighted by Crippen LogP contribution is -2.25. The zero-order chi connectivity index (χ0) is 18.2. The first-order chi connectivity index (χ1) is 12.7. The molecular formula is C18H24N2O6. The fourth-order valence-corrected chi connectivity index (χ4v) is 2.84. The molecule has 0 spiro atoms. The molecule has 2 aliphatic rings. The van der Waals surface area contributed by atoms with Crippen molar-refractivity contribution in [2.24, 2.45) is 0 Å². The summed E-state index contributed by atoms with van der Waals surface area (Å²) < 4.78 is 21.3. The van der Waals surface area contributed by atoms with E-state index in [1.165, 1.54) is 0 Å². The van der Waals surface area contributed by atoms with Crippen LogP contribution in [-0.4, -0.2) is 63.9 Å². The maximum Gasteiger partial charge on any atom is 0.339 e. The Bertz CT molecular complexity index is 558. The highest BCUT2D eigenvalue weighted by molar-refractivity contribution is 6.03. The number of hydrogen-bond donors (Lipinski definition) is 2. The summed E-state index contributed by atoms with van der Waals surface area (Å²) in [5.41, 5.74) is 0.404. The van der Waals surface area contributed by atoms with Crippen LogP contribution in [0.3, 0.4) is 0 Å². The summed E-state index contributed by atoms with van der Waals surface area (Å²) in [5.74, 6) is -1.09. The van der Waals surface area contributed by atoms with Gasteiger partial charge in [0.25, 0.3) is 0 Å². The van der Waals surface area contributed by atoms with Gasteiger partial charge in [-0.05, 0) is 12.1 Å². The van der Waals surface area contributed by atoms with Gasteiger partial charge in [0, 0.05) is 25.9 Å². The molecule has 1 aromatic rings. The minimum Gasteiger partial charge on any atom is -0.462 e. The molecule has 8 heteroatoms. The fraction of sp³-hybridized carbons (Fsp3) is 0.556. The molecule has 3 rings (SSSR count). The quantitative estimate of drug-likeness (QED) is 0.650. The summed E-state index contributed by atoms with van der Waals surface area (Å²) in [5, 5.41) is 6.29. The number of benzene rings is 1. The fourth-order valence-electron chi connectivity index (χ4n) is 2.84. The number of ether oxygens (including phenoxy) is 4. The Labute approximate surface area is 152 Å². The first-order valence-corrected chi connectivity index (χ1v) is 8.87. The molecule has 2 saturated heterocycles. The number of carbonyl (C=O) groups excluding carboxylic acids is 2.